The second-order valence-electron chi connectivity index (χ2n) is 3.65. The van der Waals surface area contributed by atoms with E-state index in [9.17, 15) is 0 Å². The van der Waals surface area contributed by atoms with Crippen molar-refractivity contribution < 1.29 is 4.42 Å². The quantitative estimate of drug-likeness (QED) is 0.570. The molecule has 0 fully saturated rings. The summed E-state index contributed by atoms with van der Waals surface area (Å²) < 4.78 is 5.28. The Bertz CT molecular complexity index is 305. The van der Waals surface area contributed by atoms with Crippen molar-refractivity contribution in [3.05, 3.63) is 24.2 Å². The first-order chi connectivity index (χ1) is 7.33. The van der Waals surface area contributed by atoms with Gasteiger partial charge in [0, 0.05) is 25.4 Å². The van der Waals surface area contributed by atoms with Gasteiger partial charge in [-0.3, -0.25) is 0 Å². The number of nitrogens with one attached hydrogen (secondary N) is 1. The van der Waals surface area contributed by atoms with Crippen LogP contribution >= 0.6 is 0 Å². The number of hydrogen-bond acceptors (Lipinski definition) is 2. The van der Waals surface area contributed by atoms with E-state index in [4.69, 9.17) is 4.42 Å². The van der Waals surface area contributed by atoms with Crippen LogP contribution in [0, 0.1) is 11.8 Å². The smallest absolute Gasteiger partial charge is 0.103 e. The minimum Gasteiger partial charge on any atom is -0.469 e. The molecule has 2 nitrogen and oxygen atoms in total. The van der Waals surface area contributed by atoms with Gasteiger partial charge in [0.15, 0.2) is 0 Å². The van der Waals surface area contributed by atoms with Gasteiger partial charge in [-0.2, -0.15) is 0 Å². The lowest BCUT2D eigenvalue weighted by Gasteiger charge is -2.11. The predicted molar refractivity (Wildman–Crippen MR) is 62.6 cm³/mol. The van der Waals surface area contributed by atoms with Crippen LogP contribution in [0.1, 0.15) is 32.4 Å². The van der Waals surface area contributed by atoms with Crippen molar-refractivity contribution in [2.24, 2.45) is 0 Å². The second-order valence-corrected chi connectivity index (χ2v) is 3.65. The highest BCUT2D eigenvalue weighted by Crippen LogP contribution is 2.05. The lowest BCUT2D eigenvalue weighted by atomic mass is 10.1. The third-order valence-electron chi connectivity index (χ3n) is 2.32. The topological polar surface area (TPSA) is 25.2 Å². The van der Waals surface area contributed by atoms with Gasteiger partial charge < -0.3 is 9.73 Å². The highest BCUT2D eigenvalue weighted by atomic mass is 16.3. The Morgan fingerprint density at radius 3 is 3.07 bits per heavy atom. The fourth-order valence-corrected chi connectivity index (χ4v) is 1.42. The van der Waals surface area contributed by atoms with Gasteiger partial charge in [-0.15, -0.1) is 11.8 Å². The predicted octanol–water partition coefficient (Wildman–Crippen LogP) is 2.60. The molecule has 1 N–H and O–H groups in total. The van der Waals surface area contributed by atoms with E-state index < -0.39 is 0 Å². The summed E-state index contributed by atoms with van der Waals surface area (Å²) >= 11 is 0. The molecule has 1 rings (SSSR count). The Kier molecular flexibility index (Phi) is 5.65. The third kappa shape index (κ3) is 5.29. The Balaban J connectivity index is 2.07. The molecule has 1 heterocycles. The number of rotatable bonds is 6. The van der Waals surface area contributed by atoms with E-state index in [2.05, 4.69) is 24.1 Å². The SMILES string of the molecule is CC#CCCNC(C)CCc1ccco1. The summed E-state index contributed by atoms with van der Waals surface area (Å²) in [5.41, 5.74) is 0. The first-order valence-electron chi connectivity index (χ1n) is 5.48. The molecule has 0 saturated heterocycles. The summed E-state index contributed by atoms with van der Waals surface area (Å²) in [4.78, 5) is 0. The third-order valence-corrected chi connectivity index (χ3v) is 2.32. The van der Waals surface area contributed by atoms with Crippen LogP contribution in [0.15, 0.2) is 22.8 Å². The van der Waals surface area contributed by atoms with Crippen LogP contribution in [0.5, 0.6) is 0 Å². The van der Waals surface area contributed by atoms with Crippen molar-refractivity contribution in [3.8, 4) is 11.8 Å². The highest BCUT2D eigenvalue weighted by Gasteiger charge is 2.02. The summed E-state index contributed by atoms with van der Waals surface area (Å²) in [6.07, 6.45) is 4.76. The molecule has 0 aliphatic carbocycles. The monoisotopic (exact) mass is 205 g/mol. The Hall–Kier alpha value is -1.20. The van der Waals surface area contributed by atoms with E-state index in [-0.39, 0.29) is 0 Å². The van der Waals surface area contributed by atoms with Gasteiger partial charge in [-0.25, -0.2) is 0 Å². The minimum atomic E-state index is 0.522. The Morgan fingerprint density at radius 2 is 2.40 bits per heavy atom. The van der Waals surface area contributed by atoms with Gasteiger partial charge in [-0.05, 0) is 32.4 Å². The standard InChI is InChI=1S/C13H19NO/c1-3-4-5-10-14-12(2)8-9-13-7-6-11-15-13/h6-7,11-12,14H,5,8-10H2,1-2H3. The maximum atomic E-state index is 5.28. The van der Waals surface area contributed by atoms with Crippen molar-refractivity contribution in [2.45, 2.75) is 39.2 Å². The van der Waals surface area contributed by atoms with Crippen LogP contribution < -0.4 is 5.32 Å². The molecular weight excluding hydrogens is 186 g/mol. The molecule has 82 valence electrons. The molecule has 0 aromatic carbocycles. The number of hydrogen-bond donors (Lipinski definition) is 1. The maximum Gasteiger partial charge on any atom is 0.103 e. The zero-order valence-electron chi connectivity index (χ0n) is 9.55. The maximum absolute atomic E-state index is 5.28. The van der Waals surface area contributed by atoms with Gasteiger partial charge in [0.1, 0.15) is 5.76 Å². The normalized spacial score (nSPS) is 11.9. The minimum absolute atomic E-state index is 0.522. The van der Waals surface area contributed by atoms with E-state index >= 15 is 0 Å². The molecule has 0 bridgehead atoms. The molecule has 0 amide bonds. The number of aryl methyl sites for hydroxylation is 1. The van der Waals surface area contributed by atoms with E-state index in [1.54, 1.807) is 6.26 Å². The Morgan fingerprint density at radius 1 is 1.53 bits per heavy atom. The first-order valence-corrected chi connectivity index (χ1v) is 5.48. The number of furan rings is 1. The molecule has 0 radical (unpaired) electrons. The Labute approximate surface area is 92.1 Å². The molecule has 1 atom stereocenters. The van der Waals surface area contributed by atoms with E-state index in [1.807, 2.05) is 19.1 Å². The summed E-state index contributed by atoms with van der Waals surface area (Å²) in [5, 5.41) is 3.44. The van der Waals surface area contributed by atoms with Crippen molar-refractivity contribution in [1.82, 2.24) is 5.32 Å². The average Bonchev–Trinajstić information content (AvgIpc) is 2.74. The van der Waals surface area contributed by atoms with Gasteiger partial charge in [-0.1, -0.05) is 0 Å². The zero-order valence-corrected chi connectivity index (χ0v) is 9.55. The summed E-state index contributed by atoms with van der Waals surface area (Å²) in [6, 6.07) is 4.48. The zero-order chi connectivity index (χ0) is 10.9. The fraction of sp³-hybridized carbons (Fsp3) is 0.538. The molecule has 1 aromatic heterocycles. The second kappa shape index (κ2) is 7.14. The molecule has 1 aromatic rings. The summed E-state index contributed by atoms with van der Waals surface area (Å²) in [6.45, 7) is 5.04. The van der Waals surface area contributed by atoms with E-state index in [0.717, 1.165) is 31.6 Å². The van der Waals surface area contributed by atoms with E-state index in [1.165, 1.54) is 0 Å². The molecule has 0 saturated carbocycles. The van der Waals surface area contributed by atoms with E-state index in [0.29, 0.717) is 6.04 Å². The van der Waals surface area contributed by atoms with Crippen LogP contribution in [0.4, 0.5) is 0 Å². The molecule has 2 heteroatoms. The molecule has 0 spiro atoms. The lowest BCUT2D eigenvalue weighted by molar-refractivity contribution is 0.463. The molecular formula is C13H19NO. The van der Waals surface area contributed by atoms with Gasteiger partial charge in [0.2, 0.25) is 0 Å². The highest BCUT2D eigenvalue weighted by molar-refractivity contribution is 4.98. The fourth-order valence-electron chi connectivity index (χ4n) is 1.42. The summed E-state index contributed by atoms with van der Waals surface area (Å²) in [7, 11) is 0. The van der Waals surface area contributed by atoms with Crippen molar-refractivity contribution in [2.75, 3.05) is 6.54 Å². The first kappa shape index (κ1) is 11.9. The van der Waals surface area contributed by atoms with Gasteiger partial charge in [0.25, 0.3) is 0 Å². The molecule has 15 heavy (non-hydrogen) atoms. The van der Waals surface area contributed by atoms with Crippen molar-refractivity contribution in [3.63, 3.8) is 0 Å². The van der Waals surface area contributed by atoms with Crippen LogP contribution in [0.3, 0.4) is 0 Å². The molecule has 0 aliphatic heterocycles. The van der Waals surface area contributed by atoms with Crippen molar-refractivity contribution >= 4 is 0 Å². The summed E-state index contributed by atoms with van der Waals surface area (Å²) in [5.74, 6) is 7.00. The van der Waals surface area contributed by atoms with Crippen LogP contribution in [0.2, 0.25) is 0 Å². The van der Waals surface area contributed by atoms with Crippen LogP contribution in [-0.4, -0.2) is 12.6 Å². The average molecular weight is 205 g/mol. The molecule has 0 aliphatic rings. The van der Waals surface area contributed by atoms with Gasteiger partial charge >= 0.3 is 0 Å². The molecule has 1 unspecified atom stereocenters. The van der Waals surface area contributed by atoms with Gasteiger partial charge in [0.05, 0.1) is 6.26 Å². The van der Waals surface area contributed by atoms with Crippen molar-refractivity contribution in [1.29, 1.82) is 0 Å². The lowest BCUT2D eigenvalue weighted by Crippen LogP contribution is -2.27. The van der Waals surface area contributed by atoms with Crippen LogP contribution in [-0.2, 0) is 6.42 Å². The van der Waals surface area contributed by atoms with Crippen LogP contribution in [0.25, 0.3) is 0 Å². The largest absolute Gasteiger partial charge is 0.469 e.